The first-order valence-corrected chi connectivity index (χ1v) is 6.33. The van der Waals surface area contributed by atoms with Crippen molar-refractivity contribution in [2.75, 3.05) is 18.5 Å². The first-order chi connectivity index (χ1) is 8.63. The van der Waals surface area contributed by atoms with Crippen molar-refractivity contribution in [1.82, 2.24) is 9.88 Å². The molecule has 0 bridgehead atoms. The summed E-state index contributed by atoms with van der Waals surface area (Å²) >= 11 is 0. The zero-order valence-corrected chi connectivity index (χ0v) is 10.9. The van der Waals surface area contributed by atoms with Crippen molar-refractivity contribution in [2.45, 2.75) is 20.3 Å². The second-order valence-corrected chi connectivity index (χ2v) is 5.06. The maximum Gasteiger partial charge on any atom is 0.257 e. The third kappa shape index (κ3) is 2.46. The van der Waals surface area contributed by atoms with E-state index in [0.29, 0.717) is 23.1 Å². The van der Waals surface area contributed by atoms with E-state index in [1.807, 2.05) is 4.90 Å². The average molecular weight is 248 g/mol. The van der Waals surface area contributed by atoms with Gasteiger partial charge >= 0.3 is 0 Å². The summed E-state index contributed by atoms with van der Waals surface area (Å²) in [5.74, 6) is 6.64. The summed E-state index contributed by atoms with van der Waals surface area (Å²) in [6, 6.07) is 1.71. The van der Waals surface area contributed by atoms with Gasteiger partial charge in [0.05, 0.1) is 11.3 Å². The van der Waals surface area contributed by atoms with Crippen LogP contribution in [0.25, 0.3) is 0 Å². The SMILES string of the molecule is CC1CCN(C(=O)c2cnccc2NN)CC1C. The Kier molecular flexibility index (Phi) is 3.81. The van der Waals surface area contributed by atoms with Crippen LogP contribution in [-0.2, 0) is 0 Å². The molecule has 1 amide bonds. The molecule has 0 spiro atoms. The Morgan fingerprint density at radius 3 is 2.94 bits per heavy atom. The Morgan fingerprint density at radius 1 is 1.50 bits per heavy atom. The molecule has 5 nitrogen and oxygen atoms in total. The van der Waals surface area contributed by atoms with E-state index in [1.54, 1.807) is 18.5 Å². The number of hydrazine groups is 1. The number of hydrogen-bond acceptors (Lipinski definition) is 4. The lowest BCUT2D eigenvalue weighted by molar-refractivity contribution is 0.0628. The number of rotatable bonds is 2. The first-order valence-electron chi connectivity index (χ1n) is 6.33. The summed E-state index contributed by atoms with van der Waals surface area (Å²) in [5, 5.41) is 0. The fraction of sp³-hybridized carbons (Fsp3) is 0.538. The van der Waals surface area contributed by atoms with Gasteiger partial charge in [0.1, 0.15) is 0 Å². The number of pyridine rings is 1. The van der Waals surface area contributed by atoms with E-state index in [9.17, 15) is 4.79 Å². The summed E-state index contributed by atoms with van der Waals surface area (Å²) in [6.07, 6.45) is 4.24. The number of nitrogens with two attached hydrogens (primary N) is 1. The number of aromatic nitrogens is 1. The van der Waals surface area contributed by atoms with Crippen molar-refractivity contribution in [3.63, 3.8) is 0 Å². The summed E-state index contributed by atoms with van der Waals surface area (Å²) < 4.78 is 0. The van der Waals surface area contributed by atoms with Crippen LogP contribution >= 0.6 is 0 Å². The Balaban J connectivity index is 2.16. The highest BCUT2D eigenvalue weighted by atomic mass is 16.2. The second-order valence-electron chi connectivity index (χ2n) is 5.06. The van der Waals surface area contributed by atoms with Crippen LogP contribution in [-0.4, -0.2) is 28.9 Å². The van der Waals surface area contributed by atoms with Gasteiger partial charge in [-0.2, -0.15) is 0 Å². The van der Waals surface area contributed by atoms with Crippen molar-refractivity contribution in [3.8, 4) is 0 Å². The maximum atomic E-state index is 12.4. The smallest absolute Gasteiger partial charge is 0.257 e. The molecular formula is C13H20N4O. The molecule has 0 radical (unpaired) electrons. The van der Waals surface area contributed by atoms with Crippen LogP contribution in [0.3, 0.4) is 0 Å². The third-order valence-electron chi connectivity index (χ3n) is 3.83. The normalized spacial score (nSPS) is 23.8. The lowest BCUT2D eigenvalue weighted by atomic mass is 9.88. The molecule has 2 rings (SSSR count). The van der Waals surface area contributed by atoms with Crippen LogP contribution in [0.5, 0.6) is 0 Å². The number of piperidine rings is 1. The number of nitrogens with one attached hydrogen (secondary N) is 1. The highest BCUT2D eigenvalue weighted by molar-refractivity contribution is 5.99. The van der Waals surface area contributed by atoms with Gasteiger partial charge in [0.15, 0.2) is 0 Å². The Morgan fingerprint density at radius 2 is 2.28 bits per heavy atom. The van der Waals surface area contributed by atoms with Crippen LogP contribution in [0, 0.1) is 11.8 Å². The van der Waals surface area contributed by atoms with Crippen LogP contribution in [0.2, 0.25) is 0 Å². The fourth-order valence-electron chi connectivity index (χ4n) is 2.31. The molecule has 3 N–H and O–H groups in total. The molecule has 1 saturated heterocycles. The molecule has 2 atom stereocenters. The summed E-state index contributed by atoms with van der Waals surface area (Å²) in [6.45, 7) is 6.04. The number of likely N-dealkylation sites (tertiary alicyclic amines) is 1. The average Bonchev–Trinajstić information content (AvgIpc) is 2.41. The van der Waals surface area contributed by atoms with Gasteiger partial charge in [-0.25, -0.2) is 0 Å². The molecule has 2 unspecified atom stereocenters. The van der Waals surface area contributed by atoms with Gasteiger partial charge in [0, 0.05) is 25.5 Å². The van der Waals surface area contributed by atoms with E-state index in [0.717, 1.165) is 19.5 Å². The number of carbonyl (C=O) groups is 1. The molecule has 1 aliphatic heterocycles. The molecule has 1 aromatic rings. The van der Waals surface area contributed by atoms with E-state index in [-0.39, 0.29) is 5.91 Å². The van der Waals surface area contributed by atoms with E-state index in [2.05, 4.69) is 24.3 Å². The van der Waals surface area contributed by atoms with Crippen LogP contribution < -0.4 is 11.3 Å². The minimum absolute atomic E-state index is 0.00907. The molecule has 5 heteroatoms. The van der Waals surface area contributed by atoms with Crippen LogP contribution in [0.4, 0.5) is 5.69 Å². The lowest BCUT2D eigenvalue weighted by Crippen LogP contribution is -2.42. The molecule has 0 aliphatic carbocycles. The maximum absolute atomic E-state index is 12.4. The minimum Gasteiger partial charge on any atom is -0.338 e. The molecule has 98 valence electrons. The molecule has 18 heavy (non-hydrogen) atoms. The number of nitrogens with zero attached hydrogens (tertiary/aromatic N) is 2. The standard InChI is InChI=1S/C13H20N4O/c1-9-4-6-17(8-10(9)2)13(18)11-7-15-5-3-12(11)16-14/h3,5,7,9-10H,4,6,8,14H2,1-2H3,(H,15,16). The number of carbonyl (C=O) groups excluding carboxylic acids is 1. The summed E-state index contributed by atoms with van der Waals surface area (Å²) in [5.41, 5.74) is 3.72. The number of hydrogen-bond donors (Lipinski definition) is 2. The molecule has 1 aromatic heterocycles. The molecule has 2 heterocycles. The molecule has 1 fully saturated rings. The van der Waals surface area contributed by atoms with Crippen molar-refractivity contribution in [1.29, 1.82) is 0 Å². The van der Waals surface area contributed by atoms with Gasteiger partial charge in [-0.3, -0.25) is 15.6 Å². The number of anilines is 1. The summed E-state index contributed by atoms with van der Waals surface area (Å²) in [7, 11) is 0. The fourth-order valence-corrected chi connectivity index (χ4v) is 2.31. The van der Waals surface area contributed by atoms with Gasteiger partial charge in [0.2, 0.25) is 0 Å². The van der Waals surface area contributed by atoms with E-state index >= 15 is 0 Å². The quantitative estimate of drug-likeness (QED) is 0.614. The van der Waals surface area contributed by atoms with Gasteiger partial charge in [-0.15, -0.1) is 0 Å². The van der Waals surface area contributed by atoms with Crippen molar-refractivity contribution < 1.29 is 4.79 Å². The van der Waals surface area contributed by atoms with Gasteiger partial charge in [-0.1, -0.05) is 13.8 Å². The minimum atomic E-state index is 0.00907. The highest BCUT2D eigenvalue weighted by Crippen LogP contribution is 2.25. The largest absolute Gasteiger partial charge is 0.338 e. The molecule has 0 aromatic carbocycles. The van der Waals surface area contributed by atoms with Crippen LogP contribution in [0.15, 0.2) is 18.5 Å². The van der Waals surface area contributed by atoms with Crippen molar-refractivity contribution in [3.05, 3.63) is 24.0 Å². The highest BCUT2D eigenvalue weighted by Gasteiger charge is 2.27. The van der Waals surface area contributed by atoms with Gasteiger partial charge in [-0.05, 0) is 24.3 Å². The molecule has 1 aliphatic rings. The Hall–Kier alpha value is -1.62. The zero-order chi connectivity index (χ0) is 13.1. The van der Waals surface area contributed by atoms with Gasteiger partial charge in [0.25, 0.3) is 5.91 Å². The third-order valence-corrected chi connectivity index (χ3v) is 3.83. The predicted molar refractivity (Wildman–Crippen MR) is 70.9 cm³/mol. The second kappa shape index (κ2) is 5.35. The number of nitrogen functional groups attached to an aromatic ring is 1. The molecule has 0 saturated carbocycles. The summed E-state index contributed by atoms with van der Waals surface area (Å²) in [4.78, 5) is 18.3. The Bertz CT molecular complexity index is 435. The van der Waals surface area contributed by atoms with E-state index in [4.69, 9.17) is 5.84 Å². The Labute approximate surface area is 107 Å². The van der Waals surface area contributed by atoms with E-state index in [1.165, 1.54) is 0 Å². The van der Waals surface area contributed by atoms with Crippen molar-refractivity contribution >= 4 is 11.6 Å². The lowest BCUT2D eigenvalue weighted by Gasteiger charge is -2.35. The monoisotopic (exact) mass is 248 g/mol. The van der Waals surface area contributed by atoms with E-state index < -0.39 is 0 Å². The van der Waals surface area contributed by atoms with Crippen molar-refractivity contribution in [2.24, 2.45) is 17.7 Å². The first kappa shape index (κ1) is 12.8. The predicted octanol–water partition coefficient (Wildman–Crippen LogP) is 1.49. The number of amides is 1. The van der Waals surface area contributed by atoms with Gasteiger partial charge < -0.3 is 10.3 Å². The van der Waals surface area contributed by atoms with Crippen LogP contribution in [0.1, 0.15) is 30.6 Å². The molecular weight excluding hydrogens is 228 g/mol. The topological polar surface area (TPSA) is 71.2 Å². The zero-order valence-electron chi connectivity index (χ0n) is 10.9.